The Morgan fingerprint density at radius 1 is 1.43 bits per heavy atom. The number of hydrogen-bond donors (Lipinski definition) is 0. The highest BCUT2D eigenvalue weighted by Crippen LogP contribution is 2.32. The Kier molecular flexibility index (Phi) is 3.40. The Hall–Kier alpha value is -0.730. The van der Waals surface area contributed by atoms with E-state index in [4.69, 9.17) is 27.9 Å². The molecule has 76 valence electrons. The molecule has 0 atom stereocenters. The predicted octanol–water partition coefficient (Wildman–Crippen LogP) is 3.34. The van der Waals surface area contributed by atoms with Crippen LogP contribution in [-0.2, 0) is 0 Å². The largest absolute Gasteiger partial charge is 0.496 e. The van der Waals surface area contributed by atoms with Gasteiger partial charge in [-0.2, -0.15) is 0 Å². The van der Waals surface area contributed by atoms with Gasteiger partial charge in [0.05, 0.1) is 12.7 Å². The molecule has 2 nitrogen and oxygen atoms in total. The van der Waals surface area contributed by atoms with Gasteiger partial charge in [0.15, 0.2) is 0 Å². The van der Waals surface area contributed by atoms with Crippen molar-refractivity contribution in [3.05, 3.63) is 27.8 Å². The van der Waals surface area contributed by atoms with Gasteiger partial charge in [-0.3, -0.25) is 4.79 Å². The van der Waals surface area contributed by atoms with Gasteiger partial charge in [-0.15, -0.1) is 0 Å². The molecule has 0 spiro atoms. The van der Waals surface area contributed by atoms with Crippen LogP contribution in [0.2, 0.25) is 5.02 Å². The van der Waals surface area contributed by atoms with E-state index in [1.54, 1.807) is 13.0 Å². The van der Waals surface area contributed by atoms with Crippen molar-refractivity contribution >= 4 is 28.4 Å². The average Bonchev–Trinajstić information content (AvgIpc) is 2.10. The van der Waals surface area contributed by atoms with Crippen molar-refractivity contribution in [1.82, 2.24) is 0 Å². The lowest BCUT2D eigenvalue weighted by Gasteiger charge is -2.12. The number of carbonyl (C=O) groups excluding carboxylic acids is 1. The van der Waals surface area contributed by atoms with Gasteiger partial charge in [0.25, 0.3) is 5.24 Å². The van der Waals surface area contributed by atoms with E-state index in [-0.39, 0.29) is 0 Å². The van der Waals surface area contributed by atoms with Crippen molar-refractivity contribution in [2.45, 2.75) is 13.8 Å². The summed E-state index contributed by atoms with van der Waals surface area (Å²) >= 11 is 11.4. The first kappa shape index (κ1) is 11.3. The number of benzene rings is 1. The summed E-state index contributed by atoms with van der Waals surface area (Å²) in [4.78, 5) is 11.2. The molecule has 4 heteroatoms. The number of aryl methyl sites for hydroxylation is 1. The normalized spacial score (nSPS) is 10.1. The molecule has 0 aliphatic rings. The Morgan fingerprint density at radius 3 is 2.43 bits per heavy atom. The van der Waals surface area contributed by atoms with Crippen molar-refractivity contribution in [3.8, 4) is 5.75 Å². The zero-order valence-corrected chi connectivity index (χ0v) is 9.66. The quantitative estimate of drug-likeness (QED) is 0.732. The lowest BCUT2D eigenvalue weighted by Crippen LogP contribution is -2.01. The SMILES string of the molecule is COc1c(C)cc(Cl)c(C)c1C(=O)Cl. The van der Waals surface area contributed by atoms with Crippen LogP contribution in [0.4, 0.5) is 0 Å². The third-order valence-electron chi connectivity index (χ3n) is 2.06. The molecule has 0 aliphatic carbocycles. The lowest BCUT2D eigenvalue weighted by molar-refractivity contribution is 0.107. The molecule has 0 fully saturated rings. The molecule has 0 bridgehead atoms. The third kappa shape index (κ3) is 1.86. The fraction of sp³-hybridized carbons (Fsp3) is 0.300. The molecule has 0 saturated heterocycles. The summed E-state index contributed by atoms with van der Waals surface area (Å²) in [5, 5.41) is -0.0303. The molecule has 0 heterocycles. The fourth-order valence-electron chi connectivity index (χ4n) is 1.35. The molecule has 1 rings (SSSR count). The number of halogens is 2. The molecular weight excluding hydrogens is 223 g/mol. The van der Waals surface area contributed by atoms with Crippen LogP contribution < -0.4 is 4.74 Å². The lowest BCUT2D eigenvalue weighted by atomic mass is 10.0. The second kappa shape index (κ2) is 4.20. The van der Waals surface area contributed by atoms with Crippen LogP contribution in [0.1, 0.15) is 21.5 Å². The molecule has 0 aliphatic heterocycles. The summed E-state index contributed by atoms with van der Waals surface area (Å²) in [6, 6.07) is 1.75. The minimum atomic E-state index is -0.551. The predicted molar refractivity (Wildman–Crippen MR) is 57.7 cm³/mol. The van der Waals surface area contributed by atoms with Crippen molar-refractivity contribution in [3.63, 3.8) is 0 Å². The molecule has 14 heavy (non-hydrogen) atoms. The molecule has 0 saturated carbocycles. The maximum absolute atomic E-state index is 11.2. The van der Waals surface area contributed by atoms with Crippen LogP contribution in [0.3, 0.4) is 0 Å². The zero-order valence-electron chi connectivity index (χ0n) is 8.15. The Labute approximate surface area is 92.8 Å². The Balaban J connectivity index is 3.56. The van der Waals surface area contributed by atoms with E-state index in [1.165, 1.54) is 7.11 Å². The van der Waals surface area contributed by atoms with Crippen LogP contribution >= 0.6 is 23.2 Å². The maximum atomic E-state index is 11.2. The number of carbonyl (C=O) groups is 1. The average molecular weight is 233 g/mol. The summed E-state index contributed by atoms with van der Waals surface area (Å²) in [7, 11) is 1.50. The minimum absolute atomic E-state index is 0.346. The van der Waals surface area contributed by atoms with Gasteiger partial charge < -0.3 is 4.74 Å². The summed E-state index contributed by atoms with van der Waals surface area (Å²) in [5.74, 6) is 0.493. The van der Waals surface area contributed by atoms with Crippen molar-refractivity contribution < 1.29 is 9.53 Å². The van der Waals surface area contributed by atoms with Gasteiger partial charge in [-0.25, -0.2) is 0 Å². The first-order valence-electron chi connectivity index (χ1n) is 4.02. The van der Waals surface area contributed by atoms with Crippen LogP contribution in [0.15, 0.2) is 6.07 Å². The summed E-state index contributed by atoms with van der Waals surface area (Å²) in [6.45, 7) is 3.55. The zero-order chi connectivity index (χ0) is 10.9. The standard InChI is InChI=1S/C10H10Cl2O2/c1-5-4-7(11)6(2)8(10(12)13)9(5)14-3/h4H,1-3H3. The van der Waals surface area contributed by atoms with Gasteiger partial charge in [0.2, 0.25) is 0 Å². The van der Waals surface area contributed by atoms with E-state index in [2.05, 4.69) is 0 Å². The van der Waals surface area contributed by atoms with E-state index in [0.29, 0.717) is 21.9 Å². The van der Waals surface area contributed by atoms with Gasteiger partial charge in [0, 0.05) is 5.02 Å². The second-order valence-electron chi connectivity index (χ2n) is 2.98. The molecule has 0 unspecified atom stereocenters. The van der Waals surface area contributed by atoms with Crippen LogP contribution in [0.5, 0.6) is 5.75 Å². The molecule has 0 radical (unpaired) electrons. The van der Waals surface area contributed by atoms with Gasteiger partial charge in [-0.05, 0) is 42.6 Å². The first-order chi connectivity index (χ1) is 6.49. The fourth-order valence-corrected chi connectivity index (χ4v) is 1.84. The van der Waals surface area contributed by atoms with E-state index in [1.807, 2.05) is 6.92 Å². The molecule has 1 aromatic carbocycles. The maximum Gasteiger partial charge on any atom is 0.256 e. The monoisotopic (exact) mass is 232 g/mol. The molecule has 1 aromatic rings. The van der Waals surface area contributed by atoms with E-state index < -0.39 is 5.24 Å². The summed E-state index contributed by atoms with van der Waals surface area (Å²) in [6.07, 6.45) is 0. The molecular formula is C10H10Cl2O2. The van der Waals surface area contributed by atoms with E-state index in [9.17, 15) is 4.79 Å². The Morgan fingerprint density at radius 2 is 2.00 bits per heavy atom. The van der Waals surface area contributed by atoms with Gasteiger partial charge >= 0.3 is 0 Å². The summed E-state index contributed by atoms with van der Waals surface area (Å²) < 4.78 is 5.11. The van der Waals surface area contributed by atoms with Crippen LogP contribution in [-0.4, -0.2) is 12.4 Å². The van der Waals surface area contributed by atoms with Crippen molar-refractivity contribution in [2.24, 2.45) is 0 Å². The van der Waals surface area contributed by atoms with Gasteiger partial charge in [0.1, 0.15) is 5.75 Å². The molecule has 0 amide bonds. The number of rotatable bonds is 2. The van der Waals surface area contributed by atoms with E-state index >= 15 is 0 Å². The molecule has 0 N–H and O–H groups in total. The van der Waals surface area contributed by atoms with Crippen molar-refractivity contribution in [2.75, 3.05) is 7.11 Å². The second-order valence-corrected chi connectivity index (χ2v) is 3.73. The highest BCUT2D eigenvalue weighted by Gasteiger charge is 2.17. The highest BCUT2D eigenvalue weighted by atomic mass is 35.5. The number of ether oxygens (including phenoxy) is 1. The Bertz CT molecular complexity index is 386. The smallest absolute Gasteiger partial charge is 0.256 e. The van der Waals surface area contributed by atoms with Crippen LogP contribution in [0, 0.1) is 13.8 Å². The summed E-state index contributed by atoms with van der Waals surface area (Å²) in [5.41, 5.74) is 1.79. The van der Waals surface area contributed by atoms with E-state index in [0.717, 1.165) is 5.56 Å². The molecule has 0 aromatic heterocycles. The topological polar surface area (TPSA) is 26.3 Å². The highest BCUT2D eigenvalue weighted by molar-refractivity contribution is 6.68. The first-order valence-corrected chi connectivity index (χ1v) is 4.78. The third-order valence-corrected chi connectivity index (χ3v) is 2.64. The van der Waals surface area contributed by atoms with Crippen molar-refractivity contribution in [1.29, 1.82) is 0 Å². The van der Waals surface area contributed by atoms with Crippen LogP contribution in [0.25, 0.3) is 0 Å². The number of methoxy groups -OCH3 is 1. The van der Waals surface area contributed by atoms with Gasteiger partial charge in [-0.1, -0.05) is 11.6 Å². The number of hydrogen-bond acceptors (Lipinski definition) is 2. The minimum Gasteiger partial charge on any atom is -0.496 e.